The van der Waals surface area contributed by atoms with Crippen LogP contribution in [0.15, 0.2) is 0 Å². The largest absolute Gasteiger partial charge is 0 e. The first-order chi connectivity index (χ1) is 1.00. The first-order valence-corrected chi connectivity index (χ1v) is 0.842. The van der Waals surface area contributed by atoms with Gasteiger partial charge in [0.15, 0.2) is 0 Å². The van der Waals surface area contributed by atoms with Gasteiger partial charge < -0.3 is 0 Å². The minimum atomic E-state index is 0. The zero-order valence-electron chi connectivity index (χ0n) is 2.06. The van der Waals surface area contributed by atoms with Crippen molar-refractivity contribution < 1.29 is 65.6 Å². The Balaban J connectivity index is -0.00000000500. The Labute approximate surface area is 64.9 Å². The quantitative estimate of drug-likeness (QED) is 0.522. The molecule has 0 aliphatic carbocycles. The van der Waals surface area contributed by atoms with Crippen LogP contribution in [0.5, 0.6) is 0 Å². The average Bonchev–Trinajstić information content (AvgIpc) is 1.00. The molecule has 0 spiro atoms. The van der Waals surface area contributed by atoms with E-state index in [1.165, 1.54) is 0 Å². The van der Waals surface area contributed by atoms with Crippen LogP contribution in [-0.4, -0.2) is 0 Å². The smallest absolute Gasteiger partial charge is 0 e. The summed E-state index contributed by atoms with van der Waals surface area (Å²) < 4.78 is 8.25. The molecule has 4 heteroatoms. The third kappa shape index (κ3) is 9.11. The monoisotopic (exact) mass is 221 g/mol. The van der Waals surface area contributed by atoms with Gasteiger partial charge in [0.2, 0.25) is 0 Å². The molecule has 0 amide bonds. The SMILES string of the molecule is [Nb].[O]=[Ti].[Zn]. The van der Waals surface area contributed by atoms with E-state index in [1.54, 1.807) is 0 Å². The Kier molecular flexibility index (Phi) is 87.8. The van der Waals surface area contributed by atoms with E-state index in [-0.39, 0.29) is 41.9 Å². The number of rotatable bonds is 0. The number of hydrogen-bond donors (Lipinski definition) is 0. The van der Waals surface area contributed by atoms with Crippen molar-refractivity contribution in [3.05, 3.63) is 0 Å². The van der Waals surface area contributed by atoms with E-state index < -0.39 is 0 Å². The molecule has 17 valence electrons. The molecule has 0 aliphatic heterocycles. The van der Waals surface area contributed by atoms with Gasteiger partial charge in [0.05, 0.1) is 0 Å². The number of hydrogen-bond acceptors (Lipinski definition) is 1. The van der Waals surface area contributed by atoms with Gasteiger partial charge >= 0.3 is 23.7 Å². The summed E-state index contributed by atoms with van der Waals surface area (Å²) in [5.74, 6) is 0. The fraction of sp³-hybridized carbons (Fsp3) is 0. The van der Waals surface area contributed by atoms with Crippen molar-refractivity contribution in [2.45, 2.75) is 0 Å². The Morgan fingerprint density at radius 2 is 1.25 bits per heavy atom. The van der Waals surface area contributed by atoms with Crippen LogP contribution in [0.1, 0.15) is 0 Å². The summed E-state index contributed by atoms with van der Waals surface area (Å²) in [5, 5.41) is 0. The summed E-state index contributed by atoms with van der Waals surface area (Å²) in [6.45, 7) is 0. The summed E-state index contributed by atoms with van der Waals surface area (Å²) in [4.78, 5) is 0. The Bertz CT molecular complexity index is 8.00. The van der Waals surface area contributed by atoms with Gasteiger partial charge in [0, 0.05) is 41.9 Å². The van der Waals surface area contributed by atoms with Crippen LogP contribution in [-0.2, 0) is 65.6 Å². The van der Waals surface area contributed by atoms with E-state index in [0.29, 0.717) is 0 Å². The molecular weight excluding hydrogens is 222 g/mol. The van der Waals surface area contributed by atoms with Crippen LogP contribution in [0, 0.1) is 0 Å². The van der Waals surface area contributed by atoms with Crippen molar-refractivity contribution in [2.75, 3.05) is 0 Å². The summed E-state index contributed by atoms with van der Waals surface area (Å²) >= 11 is 0.750. The summed E-state index contributed by atoms with van der Waals surface area (Å²) in [5.41, 5.74) is 0. The maximum Gasteiger partial charge on any atom is 0 e. The van der Waals surface area contributed by atoms with Gasteiger partial charge in [-0.2, -0.15) is 0 Å². The van der Waals surface area contributed by atoms with Crippen LogP contribution in [0.2, 0.25) is 0 Å². The van der Waals surface area contributed by atoms with Crippen LogP contribution in [0.4, 0.5) is 0 Å². The van der Waals surface area contributed by atoms with Gasteiger partial charge in [0.1, 0.15) is 0 Å². The zero-order valence-corrected chi connectivity index (χ0v) is 8.79. The molecule has 0 rings (SSSR count). The Morgan fingerprint density at radius 1 is 1.25 bits per heavy atom. The van der Waals surface area contributed by atoms with E-state index in [0.717, 1.165) is 20.4 Å². The molecule has 0 bridgehead atoms. The van der Waals surface area contributed by atoms with E-state index in [9.17, 15) is 0 Å². The second-order valence-electron chi connectivity index (χ2n) is 0. The molecule has 0 heterocycles. The van der Waals surface area contributed by atoms with E-state index in [2.05, 4.69) is 0 Å². The Morgan fingerprint density at radius 3 is 1.25 bits per heavy atom. The van der Waals surface area contributed by atoms with Crippen LogP contribution in [0.3, 0.4) is 0 Å². The first kappa shape index (κ1) is 16.9. The first-order valence-electron chi connectivity index (χ1n) is 0.204. The van der Waals surface area contributed by atoms with Gasteiger partial charge in [-0.05, 0) is 0 Å². The molecule has 0 unspecified atom stereocenters. The minimum Gasteiger partial charge on any atom is 0 e. The standard InChI is InChI=1S/Nb.O.Ti.Zn. The van der Waals surface area contributed by atoms with E-state index in [1.807, 2.05) is 0 Å². The molecule has 0 fully saturated rings. The minimum absolute atomic E-state index is 0. The summed E-state index contributed by atoms with van der Waals surface area (Å²) in [7, 11) is 0. The second kappa shape index (κ2) is 20.8. The fourth-order valence-electron chi connectivity index (χ4n) is 0. The van der Waals surface area contributed by atoms with Gasteiger partial charge in [-0.3, -0.25) is 0 Å². The molecule has 0 N–H and O–H groups in total. The van der Waals surface area contributed by atoms with Crippen molar-refractivity contribution in [3.63, 3.8) is 0 Å². The van der Waals surface area contributed by atoms with Gasteiger partial charge in [-0.15, -0.1) is 0 Å². The van der Waals surface area contributed by atoms with Gasteiger partial charge in [0.25, 0.3) is 0 Å². The zero-order chi connectivity index (χ0) is 2.00. The molecule has 0 atom stereocenters. The average molecular weight is 222 g/mol. The molecule has 1 radical (unpaired) electrons. The maximum absolute atomic E-state index is 8.25. The van der Waals surface area contributed by atoms with Crippen molar-refractivity contribution in [2.24, 2.45) is 0 Å². The van der Waals surface area contributed by atoms with Crippen LogP contribution in [0.25, 0.3) is 0 Å². The predicted octanol–water partition coefficient (Wildman–Crippen LogP) is -0.126. The third-order valence-corrected chi connectivity index (χ3v) is 0. The molecule has 0 saturated carbocycles. The van der Waals surface area contributed by atoms with Crippen LogP contribution < -0.4 is 0 Å². The predicted molar refractivity (Wildman–Crippen MR) is 0.686 cm³/mol. The van der Waals surface area contributed by atoms with Crippen LogP contribution >= 0.6 is 0 Å². The Hall–Kier alpha value is 1.88. The van der Waals surface area contributed by atoms with Crippen molar-refractivity contribution in [1.82, 2.24) is 0 Å². The molecule has 0 aromatic heterocycles. The van der Waals surface area contributed by atoms with Crippen molar-refractivity contribution >= 4 is 0 Å². The molecule has 0 aromatic rings. The summed E-state index contributed by atoms with van der Waals surface area (Å²) in [6, 6.07) is 0. The molecule has 0 aliphatic rings. The summed E-state index contributed by atoms with van der Waals surface area (Å²) in [6.07, 6.45) is 0. The van der Waals surface area contributed by atoms with Gasteiger partial charge in [-0.1, -0.05) is 0 Å². The normalized spacial score (nSPS) is 0.750. The molecule has 0 saturated heterocycles. The topological polar surface area (TPSA) is 17.1 Å². The third-order valence-electron chi connectivity index (χ3n) is 0. The molecule has 0 aromatic carbocycles. The van der Waals surface area contributed by atoms with E-state index in [4.69, 9.17) is 3.32 Å². The molecule has 1 nitrogen and oxygen atoms in total. The fourth-order valence-corrected chi connectivity index (χ4v) is 0. The molecular formula is NbOTiZn. The van der Waals surface area contributed by atoms with Crippen molar-refractivity contribution in [1.29, 1.82) is 0 Å². The van der Waals surface area contributed by atoms with E-state index >= 15 is 0 Å². The second-order valence-corrected chi connectivity index (χ2v) is 0. The van der Waals surface area contributed by atoms with Gasteiger partial charge in [-0.25, -0.2) is 0 Å². The maximum atomic E-state index is 8.25. The molecule has 4 heavy (non-hydrogen) atoms. The van der Waals surface area contributed by atoms with Crippen molar-refractivity contribution in [3.8, 4) is 0 Å².